The van der Waals surface area contributed by atoms with Crippen LogP contribution in [0, 0.1) is 10.1 Å². The minimum absolute atomic E-state index is 0.0261. The molecule has 0 aliphatic heterocycles. The van der Waals surface area contributed by atoms with Crippen LogP contribution in [0.4, 0.5) is 16.5 Å². The Morgan fingerprint density at radius 2 is 2.12 bits per heavy atom. The van der Waals surface area contributed by atoms with Crippen LogP contribution in [0.3, 0.4) is 0 Å². The Hall–Kier alpha value is -2.80. The lowest BCUT2D eigenvalue weighted by molar-refractivity contribution is -0.384. The summed E-state index contributed by atoms with van der Waals surface area (Å²) in [6.07, 6.45) is 0.199. The van der Waals surface area contributed by atoms with Gasteiger partial charge in [-0.1, -0.05) is 18.3 Å². The van der Waals surface area contributed by atoms with E-state index in [9.17, 15) is 23.3 Å². The van der Waals surface area contributed by atoms with Crippen LogP contribution in [0.1, 0.15) is 13.3 Å². The van der Waals surface area contributed by atoms with Crippen molar-refractivity contribution in [1.82, 2.24) is 10.2 Å². The van der Waals surface area contributed by atoms with E-state index in [2.05, 4.69) is 20.2 Å². The Labute approximate surface area is 146 Å². The predicted octanol–water partition coefficient (Wildman–Crippen LogP) is 1.60. The molecule has 1 aromatic heterocycles. The van der Waals surface area contributed by atoms with Crippen molar-refractivity contribution >= 4 is 43.8 Å². The lowest BCUT2D eigenvalue weighted by atomic mass is 10.2. The zero-order valence-corrected chi connectivity index (χ0v) is 14.7. The first-order chi connectivity index (χ1) is 11.8. The minimum atomic E-state index is -4.17. The fourth-order valence-electron chi connectivity index (χ4n) is 1.65. The van der Waals surface area contributed by atoms with E-state index < -0.39 is 19.3 Å². The summed E-state index contributed by atoms with van der Waals surface area (Å²) in [4.78, 5) is 21.5. The van der Waals surface area contributed by atoms with Gasteiger partial charge in [-0.15, -0.1) is 10.2 Å². The summed E-state index contributed by atoms with van der Waals surface area (Å²) in [6, 6.07) is 3.47. The van der Waals surface area contributed by atoms with Crippen LogP contribution < -0.4 is 14.8 Å². The third kappa shape index (κ3) is 4.39. The normalized spacial score (nSPS) is 11.0. The van der Waals surface area contributed by atoms with Crippen LogP contribution in [0.2, 0.25) is 0 Å². The van der Waals surface area contributed by atoms with Crippen molar-refractivity contribution in [1.29, 1.82) is 0 Å². The molecule has 0 saturated heterocycles. The van der Waals surface area contributed by atoms with E-state index in [1.54, 1.807) is 6.92 Å². The highest BCUT2D eigenvalue weighted by Crippen LogP contribution is 2.31. The number of rotatable bonds is 7. The average molecular weight is 387 g/mol. The Morgan fingerprint density at radius 3 is 2.72 bits per heavy atom. The summed E-state index contributed by atoms with van der Waals surface area (Å²) in [5.41, 5.74) is -0.433. The van der Waals surface area contributed by atoms with Gasteiger partial charge >= 0.3 is 0 Å². The minimum Gasteiger partial charge on any atom is -0.495 e. The molecule has 1 amide bonds. The monoisotopic (exact) mass is 387 g/mol. The summed E-state index contributed by atoms with van der Waals surface area (Å²) in [5.74, 6) is -0.244. The van der Waals surface area contributed by atoms with Gasteiger partial charge < -0.3 is 10.1 Å². The van der Waals surface area contributed by atoms with Crippen molar-refractivity contribution in [2.75, 3.05) is 17.1 Å². The molecule has 2 aromatic rings. The van der Waals surface area contributed by atoms with Gasteiger partial charge in [0, 0.05) is 18.6 Å². The van der Waals surface area contributed by atoms with Crippen molar-refractivity contribution < 1.29 is 22.9 Å². The number of nitro benzene ring substituents is 1. The molecule has 1 aromatic carbocycles. The summed E-state index contributed by atoms with van der Waals surface area (Å²) in [6.45, 7) is 1.63. The fraction of sp³-hybridized carbons (Fsp3) is 0.250. The van der Waals surface area contributed by atoms with Crippen LogP contribution in [0.5, 0.6) is 5.75 Å². The first-order valence-corrected chi connectivity index (χ1v) is 9.05. The van der Waals surface area contributed by atoms with Gasteiger partial charge in [-0.25, -0.2) is 0 Å². The predicted molar refractivity (Wildman–Crippen MR) is 89.3 cm³/mol. The maximum absolute atomic E-state index is 12.4. The first kappa shape index (κ1) is 18.5. The third-order valence-electron chi connectivity index (χ3n) is 2.84. The van der Waals surface area contributed by atoms with Gasteiger partial charge in [0.05, 0.1) is 17.7 Å². The third-order valence-corrected chi connectivity index (χ3v) is 5.41. The molecule has 0 aliphatic carbocycles. The van der Waals surface area contributed by atoms with Crippen LogP contribution >= 0.6 is 11.3 Å². The SMILES string of the molecule is CCC(=O)Nc1nnc(S(=O)(=O)Nc2cc([N+](=O)[O-])ccc2OC)s1. The van der Waals surface area contributed by atoms with Crippen molar-refractivity contribution in [3.05, 3.63) is 28.3 Å². The second-order valence-corrected chi connectivity index (χ2v) is 7.36. The topological polar surface area (TPSA) is 153 Å². The Kier molecular flexibility index (Phi) is 5.48. The number of hydrogen-bond acceptors (Lipinski definition) is 9. The Morgan fingerprint density at radius 1 is 1.40 bits per heavy atom. The van der Waals surface area contributed by atoms with E-state index >= 15 is 0 Å². The number of sulfonamides is 1. The van der Waals surface area contributed by atoms with Gasteiger partial charge in [0.15, 0.2) is 0 Å². The molecule has 0 radical (unpaired) electrons. The van der Waals surface area contributed by atoms with Gasteiger partial charge in [0.1, 0.15) is 5.75 Å². The van der Waals surface area contributed by atoms with Gasteiger partial charge in [0.2, 0.25) is 11.0 Å². The van der Waals surface area contributed by atoms with Crippen molar-refractivity contribution in [3.63, 3.8) is 0 Å². The molecule has 0 unspecified atom stereocenters. The standard InChI is InChI=1S/C12H13N5O6S2/c1-3-10(18)13-11-14-15-12(24-11)25(21,22)16-8-6-7(17(19)20)4-5-9(8)23-2/h4-6,16H,3H2,1-2H3,(H,13,14,18). The van der Waals surface area contributed by atoms with Crippen molar-refractivity contribution in [3.8, 4) is 5.75 Å². The molecule has 0 spiro atoms. The molecular formula is C12H13N5O6S2. The number of nitrogens with zero attached hydrogens (tertiary/aromatic N) is 3. The number of amides is 1. The number of aromatic nitrogens is 2. The summed E-state index contributed by atoms with van der Waals surface area (Å²) in [7, 11) is -2.88. The number of nitrogens with one attached hydrogen (secondary N) is 2. The first-order valence-electron chi connectivity index (χ1n) is 6.75. The molecular weight excluding hydrogens is 374 g/mol. The van der Waals surface area contributed by atoms with Gasteiger partial charge in [0.25, 0.3) is 20.1 Å². The zero-order valence-electron chi connectivity index (χ0n) is 13.0. The molecule has 0 aliphatic rings. The Bertz CT molecular complexity index is 910. The molecule has 0 atom stereocenters. The molecule has 0 saturated carbocycles. The number of ether oxygens (including phenoxy) is 1. The molecule has 11 nitrogen and oxygen atoms in total. The van der Waals surface area contributed by atoms with E-state index in [0.717, 1.165) is 6.07 Å². The molecule has 0 fully saturated rings. The van der Waals surface area contributed by atoms with E-state index in [1.165, 1.54) is 19.2 Å². The van der Waals surface area contributed by atoms with Gasteiger partial charge in [-0.05, 0) is 6.07 Å². The highest BCUT2D eigenvalue weighted by molar-refractivity contribution is 7.94. The second kappa shape index (κ2) is 7.40. The molecule has 25 heavy (non-hydrogen) atoms. The van der Waals surface area contributed by atoms with E-state index in [1.807, 2.05) is 0 Å². The highest BCUT2D eigenvalue weighted by atomic mass is 32.2. The lowest BCUT2D eigenvalue weighted by Crippen LogP contribution is -2.13. The number of non-ortho nitro benzene ring substituents is 1. The number of carbonyl (C=O) groups excluding carboxylic acids is 1. The highest BCUT2D eigenvalue weighted by Gasteiger charge is 2.23. The van der Waals surface area contributed by atoms with E-state index in [4.69, 9.17) is 4.74 Å². The fourth-order valence-corrected chi connectivity index (χ4v) is 3.63. The van der Waals surface area contributed by atoms with Crippen LogP contribution in [-0.4, -0.2) is 36.6 Å². The maximum Gasteiger partial charge on any atom is 0.291 e. The van der Waals surface area contributed by atoms with Crippen LogP contribution in [0.25, 0.3) is 0 Å². The molecule has 0 bridgehead atoms. The summed E-state index contributed by atoms with van der Waals surface area (Å²) < 4.78 is 31.5. The number of methoxy groups -OCH3 is 1. The number of nitro groups is 1. The number of carbonyl (C=O) groups is 1. The lowest BCUT2D eigenvalue weighted by Gasteiger charge is -2.09. The molecule has 134 valence electrons. The van der Waals surface area contributed by atoms with E-state index in [-0.39, 0.29) is 34.6 Å². The number of hydrogen-bond donors (Lipinski definition) is 2. The van der Waals surface area contributed by atoms with Crippen LogP contribution in [0.15, 0.2) is 22.5 Å². The number of anilines is 2. The summed E-state index contributed by atoms with van der Waals surface area (Å²) in [5, 5.41) is 20.4. The van der Waals surface area contributed by atoms with Gasteiger partial charge in [-0.2, -0.15) is 8.42 Å². The van der Waals surface area contributed by atoms with E-state index in [0.29, 0.717) is 11.3 Å². The zero-order chi connectivity index (χ0) is 18.6. The van der Waals surface area contributed by atoms with Crippen molar-refractivity contribution in [2.24, 2.45) is 0 Å². The maximum atomic E-state index is 12.4. The molecule has 13 heteroatoms. The molecule has 2 N–H and O–H groups in total. The Balaban J connectivity index is 2.31. The summed E-state index contributed by atoms with van der Waals surface area (Å²) >= 11 is 0.647. The quantitative estimate of drug-likeness (QED) is 0.412. The van der Waals surface area contributed by atoms with Gasteiger partial charge in [-0.3, -0.25) is 19.6 Å². The smallest absolute Gasteiger partial charge is 0.291 e. The molecule has 1 heterocycles. The van der Waals surface area contributed by atoms with Crippen LogP contribution in [-0.2, 0) is 14.8 Å². The van der Waals surface area contributed by atoms with Crippen molar-refractivity contribution in [2.45, 2.75) is 17.7 Å². The molecule has 2 rings (SSSR count). The number of benzene rings is 1. The second-order valence-electron chi connectivity index (χ2n) is 4.52. The largest absolute Gasteiger partial charge is 0.495 e. The average Bonchev–Trinajstić information content (AvgIpc) is 3.03.